The number of hydrogen-bond acceptors (Lipinski definition) is 6. The predicted molar refractivity (Wildman–Crippen MR) is 91.0 cm³/mol. The van der Waals surface area contributed by atoms with Crippen molar-refractivity contribution in [3.05, 3.63) is 41.6 Å². The van der Waals surface area contributed by atoms with Crippen molar-refractivity contribution in [3.63, 3.8) is 0 Å². The zero-order chi connectivity index (χ0) is 17.1. The Morgan fingerprint density at radius 1 is 1.25 bits per heavy atom. The van der Waals surface area contributed by atoms with Crippen molar-refractivity contribution in [3.8, 4) is 6.07 Å². The first-order valence-electron chi connectivity index (χ1n) is 7.39. The summed E-state index contributed by atoms with van der Waals surface area (Å²) in [4.78, 5) is 22.4. The number of nitrogens with one attached hydrogen (secondary N) is 1. The Morgan fingerprint density at radius 2 is 2.00 bits per heavy atom. The lowest BCUT2D eigenvalue weighted by atomic mass is 10.2. The molecular weight excluding hydrogens is 328 g/mol. The summed E-state index contributed by atoms with van der Waals surface area (Å²) >= 11 is 5.87. The molecule has 7 nitrogen and oxygen atoms in total. The number of piperazine rings is 1. The van der Waals surface area contributed by atoms with Crippen LogP contribution in [0.4, 0.5) is 17.5 Å². The number of aromatic nitrogens is 2. The molecule has 1 aliphatic rings. The second-order valence-corrected chi connectivity index (χ2v) is 5.88. The lowest BCUT2D eigenvalue weighted by molar-refractivity contribution is -0.120. The second kappa shape index (κ2) is 6.83. The molecule has 1 fully saturated rings. The van der Waals surface area contributed by atoms with E-state index in [2.05, 4.69) is 21.4 Å². The number of aryl methyl sites for hydroxylation is 1. The van der Waals surface area contributed by atoms with Crippen LogP contribution in [0.2, 0.25) is 0 Å². The van der Waals surface area contributed by atoms with Gasteiger partial charge in [-0.25, -0.2) is 9.40 Å². The van der Waals surface area contributed by atoms with Gasteiger partial charge in [0.05, 0.1) is 18.2 Å². The number of nitriles is 1. The van der Waals surface area contributed by atoms with Gasteiger partial charge in [0.25, 0.3) is 0 Å². The molecule has 3 rings (SSSR count). The van der Waals surface area contributed by atoms with Gasteiger partial charge in [-0.1, -0.05) is 0 Å². The molecule has 2 heterocycles. The molecule has 8 heteroatoms. The maximum absolute atomic E-state index is 12.1. The molecule has 0 unspecified atom stereocenters. The molecule has 0 radical (unpaired) electrons. The molecule has 1 aliphatic heterocycles. The van der Waals surface area contributed by atoms with E-state index in [-0.39, 0.29) is 12.5 Å². The number of amides is 1. The minimum absolute atomic E-state index is 0.133. The van der Waals surface area contributed by atoms with Crippen molar-refractivity contribution >= 4 is 35.1 Å². The average molecular weight is 343 g/mol. The van der Waals surface area contributed by atoms with Gasteiger partial charge < -0.3 is 5.32 Å². The van der Waals surface area contributed by atoms with E-state index in [9.17, 15) is 4.79 Å². The number of hydrogen-bond donors (Lipinski definition) is 1. The molecule has 0 saturated carbocycles. The van der Waals surface area contributed by atoms with Crippen LogP contribution in [0.15, 0.2) is 30.3 Å². The SMILES string of the molecule is Cc1cc(Nc2ccc(C#N)cc2)nc(N2CCN(Cl)CC2=O)n1. The maximum atomic E-state index is 12.1. The van der Waals surface area contributed by atoms with Crippen LogP contribution in [0.3, 0.4) is 0 Å². The number of halogens is 1. The Kier molecular flexibility index (Phi) is 4.60. The smallest absolute Gasteiger partial charge is 0.244 e. The van der Waals surface area contributed by atoms with Crippen molar-refractivity contribution < 1.29 is 4.79 Å². The summed E-state index contributed by atoms with van der Waals surface area (Å²) in [5.41, 5.74) is 2.14. The molecule has 2 aromatic rings. The van der Waals surface area contributed by atoms with Crippen LogP contribution < -0.4 is 10.2 Å². The molecule has 0 aliphatic carbocycles. The highest BCUT2D eigenvalue weighted by atomic mass is 35.5. The number of nitrogens with zero attached hydrogens (tertiary/aromatic N) is 5. The molecule has 0 bridgehead atoms. The van der Waals surface area contributed by atoms with E-state index in [1.165, 1.54) is 9.32 Å². The number of carbonyl (C=O) groups excluding carboxylic acids is 1. The molecule has 1 aromatic heterocycles. The fourth-order valence-electron chi connectivity index (χ4n) is 2.37. The minimum atomic E-state index is -0.133. The van der Waals surface area contributed by atoms with E-state index in [4.69, 9.17) is 17.0 Å². The van der Waals surface area contributed by atoms with Gasteiger partial charge in [0, 0.05) is 30.5 Å². The van der Waals surface area contributed by atoms with E-state index < -0.39 is 0 Å². The van der Waals surface area contributed by atoms with E-state index in [0.717, 1.165) is 11.4 Å². The topological polar surface area (TPSA) is 85.2 Å². The third-order valence-corrected chi connectivity index (χ3v) is 3.83. The zero-order valence-corrected chi connectivity index (χ0v) is 13.8. The summed E-state index contributed by atoms with van der Waals surface area (Å²) in [6.07, 6.45) is 0. The van der Waals surface area contributed by atoms with Gasteiger partial charge in [-0.05, 0) is 43.0 Å². The molecule has 1 aromatic carbocycles. The summed E-state index contributed by atoms with van der Waals surface area (Å²) in [7, 11) is 0. The van der Waals surface area contributed by atoms with E-state index in [1.807, 2.05) is 6.92 Å². The van der Waals surface area contributed by atoms with Crippen molar-refractivity contribution in [2.45, 2.75) is 6.92 Å². The van der Waals surface area contributed by atoms with E-state index in [0.29, 0.717) is 30.4 Å². The third-order valence-electron chi connectivity index (χ3n) is 3.54. The number of benzene rings is 1. The Hall–Kier alpha value is -2.69. The van der Waals surface area contributed by atoms with Crippen molar-refractivity contribution in [1.82, 2.24) is 14.4 Å². The maximum Gasteiger partial charge on any atom is 0.244 e. The summed E-state index contributed by atoms with van der Waals surface area (Å²) in [5, 5.41) is 12.0. The molecule has 1 amide bonds. The van der Waals surface area contributed by atoms with Crippen molar-refractivity contribution in [2.75, 3.05) is 29.9 Å². The Morgan fingerprint density at radius 3 is 2.67 bits per heavy atom. The number of anilines is 3. The molecule has 122 valence electrons. The summed E-state index contributed by atoms with van der Waals surface area (Å²) < 4.78 is 1.45. The molecule has 1 saturated heterocycles. The molecular formula is C16H15ClN6O. The van der Waals surface area contributed by atoms with Crippen LogP contribution in [-0.4, -0.2) is 39.9 Å². The van der Waals surface area contributed by atoms with Gasteiger partial charge in [-0.2, -0.15) is 10.2 Å². The summed E-state index contributed by atoms with van der Waals surface area (Å²) in [6.45, 7) is 2.99. The Bertz CT molecular complexity index is 801. The largest absolute Gasteiger partial charge is 0.340 e. The first-order valence-corrected chi connectivity index (χ1v) is 7.73. The molecule has 24 heavy (non-hydrogen) atoms. The van der Waals surface area contributed by atoms with Crippen LogP contribution in [0.1, 0.15) is 11.3 Å². The van der Waals surface area contributed by atoms with Crippen molar-refractivity contribution in [1.29, 1.82) is 5.26 Å². The highest BCUT2D eigenvalue weighted by Crippen LogP contribution is 2.20. The van der Waals surface area contributed by atoms with Gasteiger partial charge >= 0.3 is 0 Å². The lowest BCUT2D eigenvalue weighted by Gasteiger charge is -2.29. The highest BCUT2D eigenvalue weighted by molar-refractivity contribution is 6.15. The normalized spacial score (nSPS) is 15.2. The fraction of sp³-hybridized carbons (Fsp3) is 0.250. The monoisotopic (exact) mass is 342 g/mol. The van der Waals surface area contributed by atoms with Crippen molar-refractivity contribution in [2.24, 2.45) is 0 Å². The van der Waals surface area contributed by atoms with Gasteiger partial charge in [0.2, 0.25) is 11.9 Å². The first kappa shape index (κ1) is 16.2. The fourth-order valence-corrected chi connectivity index (χ4v) is 2.55. The average Bonchev–Trinajstić information content (AvgIpc) is 2.55. The molecule has 1 N–H and O–H groups in total. The van der Waals surface area contributed by atoms with Crippen LogP contribution in [0.5, 0.6) is 0 Å². The van der Waals surface area contributed by atoms with E-state index >= 15 is 0 Å². The number of carbonyl (C=O) groups is 1. The summed E-state index contributed by atoms with van der Waals surface area (Å²) in [6, 6.07) is 10.9. The number of rotatable bonds is 3. The van der Waals surface area contributed by atoms with Crippen LogP contribution in [0.25, 0.3) is 0 Å². The van der Waals surface area contributed by atoms with E-state index in [1.54, 1.807) is 30.3 Å². The van der Waals surface area contributed by atoms with Crippen LogP contribution in [-0.2, 0) is 4.79 Å². The van der Waals surface area contributed by atoms with Gasteiger partial charge in [-0.3, -0.25) is 9.69 Å². The Labute approximate surface area is 144 Å². The quantitative estimate of drug-likeness (QED) is 0.861. The summed E-state index contributed by atoms with van der Waals surface area (Å²) in [5.74, 6) is 0.815. The van der Waals surface area contributed by atoms with Gasteiger partial charge in [0.1, 0.15) is 5.82 Å². The molecule has 0 spiro atoms. The third kappa shape index (κ3) is 3.62. The van der Waals surface area contributed by atoms with Gasteiger partial charge in [0.15, 0.2) is 0 Å². The Balaban J connectivity index is 1.83. The van der Waals surface area contributed by atoms with Crippen LogP contribution >= 0.6 is 11.8 Å². The predicted octanol–water partition coefficient (Wildman–Crippen LogP) is 2.20. The lowest BCUT2D eigenvalue weighted by Crippen LogP contribution is -2.47. The first-order chi connectivity index (χ1) is 11.5. The second-order valence-electron chi connectivity index (χ2n) is 5.40. The van der Waals surface area contributed by atoms with Gasteiger partial charge in [-0.15, -0.1) is 0 Å². The minimum Gasteiger partial charge on any atom is -0.340 e. The standard InChI is InChI=1S/C16H15ClN6O/c1-11-8-14(20-13-4-2-12(9-18)3-5-13)21-16(19-11)23-7-6-22(17)10-15(23)24/h2-5,8H,6-7,10H2,1H3,(H,19,20,21). The molecule has 0 atom stereocenters. The van der Waals surface area contributed by atoms with Crippen LogP contribution in [0, 0.1) is 18.3 Å². The zero-order valence-electron chi connectivity index (χ0n) is 13.0. The highest BCUT2D eigenvalue weighted by Gasteiger charge is 2.26.